The zero-order chi connectivity index (χ0) is 23.2. The van der Waals surface area contributed by atoms with Crippen LogP contribution in [0.1, 0.15) is 37.8 Å². The van der Waals surface area contributed by atoms with Gasteiger partial charge in [0.2, 0.25) is 11.8 Å². The van der Waals surface area contributed by atoms with Crippen molar-refractivity contribution in [3.05, 3.63) is 65.7 Å². The van der Waals surface area contributed by atoms with Gasteiger partial charge in [0, 0.05) is 31.6 Å². The molecule has 1 aliphatic carbocycles. The summed E-state index contributed by atoms with van der Waals surface area (Å²) in [7, 11) is 0. The van der Waals surface area contributed by atoms with Crippen LogP contribution >= 0.6 is 0 Å². The third-order valence-electron chi connectivity index (χ3n) is 7.79. The molecule has 6 heteroatoms. The molecule has 6 rings (SSSR count). The van der Waals surface area contributed by atoms with Crippen LogP contribution in [0.25, 0.3) is 0 Å². The number of rotatable bonds is 7. The van der Waals surface area contributed by atoms with E-state index in [9.17, 15) is 14.7 Å². The van der Waals surface area contributed by atoms with Gasteiger partial charge in [0.05, 0.1) is 5.92 Å². The Bertz CT molecular complexity index is 1020. The first kappa shape index (κ1) is 22.0. The Morgan fingerprint density at radius 2 is 1.88 bits per heavy atom. The number of phenolic OH excluding ortho intramolecular Hbond substituents is 1. The van der Waals surface area contributed by atoms with Gasteiger partial charge in [0.15, 0.2) is 0 Å². The van der Waals surface area contributed by atoms with Gasteiger partial charge >= 0.3 is 0 Å². The highest BCUT2D eigenvalue weighted by Crippen LogP contribution is 2.54. The number of aromatic hydroxyl groups is 1. The molecule has 2 amide bonds. The van der Waals surface area contributed by atoms with Crippen LogP contribution in [0.2, 0.25) is 0 Å². The van der Waals surface area contributed by atoms with Gasteiger partial charge in [-0.15, -0.1) is 0 Å². The number of benzene rings is 2. The largest absolute Gasteiger partial charge is 0.508 e. The zero-order valence-electron chi connectivity index (χ0n) is 19.3. The molecule has 4 bridgehead atoms. The minimum atomic E-state index is -0.857. The van der Waals surface area contributed by atoms with Gasteiger partial charge in [-0.1, -0.05) is 56.3 Å². The van der Waals surface area contributed by atoms with Crippen molar-refractivity contribution in [2.24, 2.45) is 23.7 Å². The normalized spacial score (nSPS) is 30.5. The summed E-state index contributed by atoms with van der Waals surface area (Å²) in [6, 6.07) is 17.3. The Labute approximate surface area is 195 Å². The van der Waals surface area contributed by atoms with Gasteiger partial charge in [-0.25, -0.2) is 0 Å². The molecule has 4 fully saturated rings. The smallest absolute Gasteiger partial charge is 0.246 e. The van der Waals surface area contributed by atoms with Crippen LogP contribution in [0.3, 0.4) is 0 Å². The zero-order valence-corrected chi connectivity index (χ0v) is 19.3. The van der Waals surface area contributed by atoms with Gasteiger partial charge in [-0.2, -0.15) is 0 Å². The molecule has 1 saturated carbocycles. The van der Waals surface area contributed by atoms with Crippen LogP contribution in [-0.2, 0) is 22.7 Å². The number of nitrogens with zero attached hydrogens (tertiary/aromatic N) is 1. The summed E-state index contributed by atoms with van der Waals surface area (Å²) in [4.78, 5) is 29.4. The second kappa shape index (κ2) is 8.49. The second-order valence-electron chi connectivity index (χ2n) is 10.4. The van der Waals surface area contributed by atoms with E-state index in [1.165, 1.54) is 0 Å². The molecule has 0 spiro atoms. The molecule has 6 nitrogen and oxygen atoms in total. The Kier molecular flexibility index (Phi) is 5.65. The Balaban J connectivity index is 1.43. The van der Waals surface area contributed by atoms with Gasteiger partial charge < -0.3 is 15.7 Å². The lowest BCUT2D eigenvalue weighted by Gasteiger charge is -2.55. The van der Waals surface area contributed by atoms with Crippen LogP contribution in [0.5, 0.6) is 5.75 Å². The summed E-state index contributed by atoms with van der Waals surface area (Å²) >= 11 is 0. The first-order valence-electron chi connectivity index (χ1n) is 12.0. The number of amides is 2. The maximum Gasteiger partial charge on any atom is 0.246 e. The molecule has 5 atom stereocenters. The number of piperidine rings is 2. The van der Waals surface area contributed by atoms with Crippen molar-refractivity contribution in [2.45, 2.75) is 51.4 Å². The van der Waals surface area contributed by atoms with Gasteiger partial charge in [0.1, 0.15) is 11.3 Å². The fourth-order valence-electron chi connectivity index (χ4n) is 6.52. The van der Waals surface area contributed by atoms with E-state index < -0.39 is 5.54 Å². The molecule has 2 aromatic carbocycles. The van der Waals surface area contributed by atoms with E-state index in [2.05, 4.69) is 29.4 Å². The topological polar surface area (TPSA) is 81.7 Å². The molecular formula is C27H33N3O3. The molecule has 3 aliphatic heterocycles. The van der Waals surface area contributed by atoms with Crippen molar-refractivity contribution >= 4 is 11.8 Å². The van der Waals surface area contributed by atoms with E-state index in [-0.39, 0.29) is 41.4 Å². The third kappa shape index (κ3) is 3.90. The molecular weight excluding hydrogens is 414 g/mol. The lowest BCUT2D eigenvalue weighted by atomic mass is 9.57. The Morgan fingerprint density at radius 3 is 2.58 bits per heavy atom. The lowest BCUT2D eigenvalue weighted by Crippen LogP contribution is -2.75. The Morgan fingerprint density at radius 1 is 1.15 bits per heavy atom. The van der Waals surface area contributed by atoms with Crippen molar-refractivity contribution in [1.29, 1.82) is 0 Å². The van der Waals surface area contributed by atoms with Crippen LogP contribution in [0, 0.1) is 23.7 Å². The van der Waals surface area contributed by atoms with Crippen LogP contribution in [0.4, 0.5) is 0 Å². The van der Waals surface area contributed by atoms with Crippen molar-refractivity contribution in [2.75, 3.05) is 6.54 Å². The number of hydrogen-bond acceptors (Lipinski definition) is 4. The summed E-state index contributed by atoms with van der Waals surface area (Å²) in [5.41, 5.74) is 1.31. The fraction of sp³-hybridized carbons (Fsp3) is 0.481. The quantitative estimate of drug-likeness (QED) is 0.609. The number of likely N-dealkylation sites (tertiary alicyclic amines) is 1. The van der Waals surface area contributed by atoms with E-state index >= 15 is 0 Å². The molecule has 0 radical (unpaired) electrons. The number of nitrogens with one attached hydrogen (secondary N) is 2. The summed E-state index contributed by atoms with van der Waals surface area (Å²) in [5.74, 6) is 0.835. The highest BCUT2D eigenvalue weighted by molar-refractivity contribution is 5.96. The molecule has 0 aromatic heterocycles. The SMILES string of the molecule is CC(C)C[C@H]1[C@@H]2[C@@H]3C(=O)N[C@@]1(C(=O)NCc1ccccc1)C[C@@H]3CN2Cc1ccc(O)cc1. The van der Waals surface area contributed by atoms with Crippen LogP contribution in [-0.4, -0.2) is 39.9 Å². The van der Waals surface area contributed by atoms with Gasteiger partial charge in [-0.05, 0) is 47.9 Å². The van der Waals surface area contributed by atoms with E-state index in [0.29, 0.717) is 18.9 Å². The summed E-state index contributed by atoms with van der Waals surface area (Å²) in [6.45, 7) is 6.39. The van der Waals surface area contributed by atoms with Crippen LogP contribution in [0.15, 0.2) is 54.6 Å². The third-order valence-corrected chi connectivity index (χ3v) is 7.79. The monoisotopic (exact) mass is 447 g/mol. The summed E-state index contributed by atoms with van der Waals surface area (Å²) < 4.78 is 0. The highest BCUT2D eigenvalue weighted by Gasteiger charge is 2.67. The highest BCUT2D eigenvalue weighted by atomic mass is 16.3. The Hall–Kier alpha value is -2.86. The maximum absolute atomic E-state index is 13.7. The molecule has 174 valence electrons. The number of carbonyl (C=O) groups excluding carboxylic acids is 2. The number of phenols is 1. The number of carbonyl (C=O) groups is 2. The summed E-state index contributed by atoms with van der Waals surface area (Å²) in [6.07, 6.45) is 1.59. The van der Waals surface area contributed by atoms with E-state index in [4.69, 9.17) is 0 Å². The molecule has 4 aliphatic rings. The van der Waals surface area contributed by atoms with Crippen molar-refractivity contribution in [3.63, 3.8) is 0 Å². The first-order chi connectivity index (χ1) is 15.9. The lowest BCUT2D eigenvalue weighted by molar-refractivity contribution is -0.155. The molecule has 3 saturated heterocycles. The second-order valence-corrected chi connectivity index (χ2v) is 10.4. The van der Waals surface area contributed by atoms with Crippen molar-refractivity contribution in [3.8, 4) is 5.75 Å². The van der Waals surface area contributed by atoms with Crippen molar-refractivity contribution < 1.29 is 14.7 Å². The predicted molar refractivity (Wildman–Crippen MR) is 126 cm³/mol. The van der Waals surface area contributed by atoms with Gasteiger partial charge in [0.25, 0.3) is 0 Å². The van der Waals surface area contributed by atoms with Gasteiger partial charge in [-0.3, -0.25) is 14.5 Å². The number of fused-ring (bicyclic) bond motifs is 1. The van der Waals surface area contributed by atoms with E-state index in [0.717, 1.165) is 30.6 Å². The fourth-order valence-corrected chi connectivity index (χ4v) is 6.52. The van der Waals surface area contributed by atoms with Crippen molar-refractivity contribution in [1.82, 2.24) is 15.5 Å². The standard InChI is InChI=1S/C27H33N3O3/c1-17(2)12-22-24-23-20(16-30(24)15-19-8-10-21(31)11-9-19)13-27(22,29-25(23)32)26(33)28-14-18-6-4-3-5-7-18/h3-11,17,20,22-24,31H,12-16H2,1-2H3,(H,28,33)(H,29,32)/t20-,22+,23-,24-,27+/m1/s1. The molecule has 3 N–H and O–H groups in total. The average Bonchev–Trinajstić information content (AvgIpc) is 3.10. The minimum Gasteiger partial charge on any atom is -0.508 e. The van der Waals surface area contributed by atoms with E-state index in [1.807, 2.05) is 42.5 Å². The predicted octanol–water partition coefficient (Wildman–Crippen LogP) is 3.06. The first-order valence-corrected chi connectivity index (χ1v) is 12.0. The average molecular weight is 448 g/mol. The molecule has 0 unspecified atom stereocenters. The summed E-state index contributed by atoms with van der Waals surface area (Å²) in [5, 5.41) is 16.0. The minimum absolute atomic E-state index is 0.0272. The van der Waals surface area contributed by atoms with E-state index in [1.54, 1.807) is 12.1 Å². The molecule has 33 heavy (non-hydrogen) atoms. The number of hydrogen-bond donors (Lipinski definition) is 3. The molecule has 3 heterocycles. The molecule has 2 aromatic rings. The van der Waals surface area contributed by atoms with Crippen LogP contribution < -0.4 is 10.6 Å². The maximum atomic E-state index is 13.7.